The Hall–Kier alpha value is -2.22. The molecule has 0 N–H and O–H groups in total. The van der Waals surface area contributed by atoms with Crippen LogP contribution in [-0.2, 0) is 36.2 Å². The molecule has 4 heteroatoms. The minimum absolute atomic E-state index is 0. The number of hydrogen-bond donors (Lipinski definition) is 0. The number of halogens is 2. The van der Waals surface area contributed by atoms with Crippen molar-refractivity contribution in [1.29, 1.82) is 0 Å². The summed E-state index contributed by atoms with van der Waals surface area (Å²) in [5.41, 5.74) is 9.62. The molecule has 0 unspecified atom stereocenters. The van der Waals surface area contributed by atoms with E-state index >= 15 is 0 Å². The van der Waals surface area contributed by atoms with Gasteiger partial charge in [0.15, 0.2) is 0 Å². The predicted molar refractivity (Wildman–Crippen MR) is 236 cm³/mol. The van der Waals surface area contributed by atoms with Crippen LogP contribution in [0.25, 0.3) is 43.8 Å². The van der Waals surface area contributed by atoms with Gasteiger partial charge in [-0.3, -0.25) is 0 Å². The fraction of sp³-hybridized carbons (Fsp3) is 0.423. The van der Waals surface area contributed by atoms with Crippen molar-refractivity contribution in [2.45, 2.75) is 130 Å². The number of benzene rings is 4. The van der Waals surface area contributed by atoms with E-state index in [0.29, 0.717) is 10.8 Å². The third kappa shape index (κ3) is 13.4. The molecule has 0 heterocycles. The van der Waals surface area contributed by atoms with Gasteiger partial charge in [0.1, 0.15) is 0 Å². The van der Waals surface area contributed by atoms with Crippen LogP contribution in [0, 0.1) is 10.8 Å². The van der Waals surface area contributed by atoms with E-state index in [2.05, 4.69) is 148 Å². The summed E-state index contributed by atoms with van der Waals surface area (Å²) in [5.74, 6) is 0. The second kappa shape index (κ2) is 22.8. The van der Waals surface area contributed by atoms with Gasteiger partial charge in [0.25, 0.3) is 0 Å². The van der Waals surface area contributed by atoms with Crippen LogP contribution in [0.2, 0.25) is 13.1 Å². The zero-order chi connectivity index (χ0) is 37.8. The molecule has 2 aliphatic carbocycles. The van der Waals surface area contributed by atoms with Crippen molar-refractivity contribution in [2.24, 2.45) is 10.8 Å². The summed E-state index contributed by atoms with van der Waals surface area (Å²) in [6, 6.07) is 44.9. The van der Waals surface area contributed by atoms with Crippen molar-refractivity contribution in [1.82, 2.24) is 0 Å². The molecule has 6 aromatic rings. The normalized spacial score (nSPS) is 16.5. The maximum absolute atomic E-state index is 2.52. The first kappa shape index (κ1) is 46.5. The Labute approximate surface area is 367 Å². The van der Waals surface area contributed by atoms with Crippen LogP contribution in [-0.4, -0.2) is 5.43 Å². The molecule has 296 valence electrons. The second-order valence-electron chi connectivity index (χ2n) is 17.6. The molecule has 2 aliphatic rings. The molecule has 56 heavy (non-hydrogen) atoms. The quantitative estimate of drug-likeness (QED) is 0.116. The molecule has 0 atom stereocenters. The first-order valence-electron chi connectivity index (χ1n) is 21.2. The van der Waals surface area contributed by atoms with Crippen LogP contribution in [0.1, 0.15) is 115 Å². The van der Waals surface area contributed by atoms with E-state index in [0.717, 1.165) is 0 Å². The SMILES string of the molecule is CC1(Cc2cc3c(-c4ccccc4)cccc3[cH-]2)CCCCCCC1.CC1(Cc2cc3c(-c4ccccc4)cccc3[cH-]2)CCCCCCC1.C[Si](C)=[Zr+2].[Cl-].[Cl-]. The van der Waals surface area contributed by atoms with Gasteiger partial charge in [-0.15, -0.1) is 69.1 Å². The standard InChI is InChI=1S/2C25H29.C2H6Si.2ClH.Zr/c2*1-25(15-8-3-2-4-9-16-25)19-20-17-22-13-10-14-23(24(22)18-20)21-11-6-5-7-12-21;1-3-2;;;/h2*5-7,10-14,17-18H,2-4,8-9,15-16,19H2,1H3;1-2H3;2*1H;/q2*-1;;;;+2/p-2. The van der Waals surface area contributed by atoms with Crippen molar-refractivity contribution in [3.05, 3.63) is 132 Å². The topological polar surface area (TPSA) is 0 Å². The summed E-state index contributed by atoms with van der Waals surface area (Å²) >= 11 is 1.74. The summed E-state index contributed by atoms with van der Waals surface area (Å²) in [5, 5.41) is 5.62. The maximum Gasteiger partial charge on any atom is -1.00 e. The molecule has 0 saturated heterocycles. The molecule has 2 saturated carbocycles. The van der Waals surface area contributed by atoms with Crippen LogP contribution in [0.5, 0.6) is 0 Å². The van der Waals surface area contributed by atoms with E-state index in [4.69, 9.17) is 0 Å². The predicted octanol–water partition coefficient (Wildman–Crippen LogP) is 9.83. The summed E-state index contributed by atoms with van der Waals surface area (Å²) in [6.45, 7) is 9.66. The average Bonchev–Trinajstić information content (AvgIpc) is 3.75. The zero-order valence-corrected chi connectivity index (χ0v) is 39.6. The van der Waals surface area contributed by atoms with E-state index in [9.17, 15) is 0 Å². The van der Waals surface area contributed by atoms with Crippen molar-refractivity contribution in [3.8, 4) is 22.3 Å². The minimum atomic E-state index is 0. The molecule has 0 spiro atoms. The molecule has 6 aromatic carbocycles. The molecular formula is C52H64Cl2SiZr-2. The number of rotatable bonds is 6. The van der Waals surface area contributed by atoms with E-state index in [1.54, 1.807) is 23.3 Å². The summed E-state index contributed by atoms with van der Waals surface area (Å²) < 4.78 is 0. The first-order chi connectivity index (χ1) is 26.2. The van der Waals surface area contributed by atoms with Crippen molar-refractivity contribution >= 4 is 27.0 Å². The van der Waals surface area contributed by atoms with Gasteiger partial charge in [-0.25, -0.2) is 0 Å². The number of hydrogen-bond acceptors (Lipinski definition) is 0. The van der Waals surface area contributed by atoms with E-state index in [1.807, 2.05) is 0 Å². The van der Waals surface area contributed by atoms with Crippen molar-refractivity contribution < 1.29 is 48.1 Å². The summed E-state index contributed by atoms with van der Waals surface area (Å²) in [4.78, 5) is 0. The molecule has 0 amide bonds. The third-order valence-electron chi connectivity index (χ3n) is 12.2. The molecule has 0 aliphatic heterocycles. The summed E-state index contributed by atoms with van der Waals surface area (Å²) in [7, 11) is 0. The van der Waals surface area contributed by atoms with Gasteiger partial charge in [0, 0.05) is 0 Å². The van der Waals surface area contributed by atoms with Crippen molar-refractivity contribution in [3.63, 3.8) is 0 Å². The molecule has 0 radical (unpaired) electrons. The maximum atomic E-state index is 2.52. The van der Waals surface area contributed by atoms with E-state index in [1.165, 1.54) is 158 Å². The molecular weight excluding hydrogens is 815 g/mol. The summed E-state index contributed by atoms with van der Waals surface area (Å²) in [6.07, 6.45) is 22.2. The Bertz CT molecular complexity index is 1890. The Morgan fingerprint density at radius 2 is 0.804 bits per heavy atom. The molecule has 0 nitrogen and oxygen atoms in total. The van der Waals surface area contributed by atoms with Gasteiger partial charge >= 0.3 is 41.9 Å². The first-order valence-corrected chi connectivity index (χ1v) is 27.4. The monoisotopic (exact) mass is 876 g/mol. The van der Waals surface area contributed by atoms with Gasteiger partial charge in [0.05, 0.1) is 0 Å². The Morgan fingerprint density at radius 1 is 0.482 bits per heavy atom. The van der Waals surface area contributed by atoms with Crippen LogP contribution >= 0.6 is 0 Å². The van der Waals surface area contributed by atoms with Crippen LogP contribution in [0.3, 0.4) is 0 Å². The van der Waals surface area contributed by atoms with Gasteiger partial charge < -0.3 is 24.8 Å². The largest absolute Gasteiger partial charge is 1.00 e. The average molecular weight is 879 g/mol. The molecule has 0 aromatic heterocycles. The smallest absolute Gasteiger partial charge is 1.00 e. The van der Waals surface area contributed by atoms with Gasteiger partial charge in [-0.05, 0) is 60.5 Å². The van der Waals surface area contributed by atoms with Crippen LogP contribution in [0.4, 0.5) is 0 Å². The minimum Gasteiger partial charge on any atom is -1.00 e. The van der Waals surface area contributed by atoms with E-state index < -0.39 is 0 Å². The second-order valence-corrected chi connectivity index (χ2v) is 27.0. The zero-order valence-electron chi connectivity index (χ0n) is 34.6. The van der Waals surface area contributed by atoms with Gasteiger partial charge in [-0.2, -0.15) is 12.1 Å². The van der Waals surface area contributed by atoms with E-state index in [-0.39, 0.29) is 30.2 Å². The third-order valence-corrected chi connectivity index (χ3v) is 12.2. The van der Waals surface area contributed by atoms with Crippen LogP contribution < -0.4 is 24.8 Å². The fourth-order valence-electron chi connectivity index (χ4n) is 9.39. The Balaban J connectivity index is 0.000000220. The Kier molecular flexibility index (Phi) is 18.9. The molecule has 8 rings (SSSR count). The fourth-order valence-corrected chi connectivity index (χ4v) is 9.39. The molecule has 2 fully saturated rings. The van der Waals surface area contributed by atoms with Crippen molar-refractivity contribution in [2.75, 3.05) is 0 Å². The van der Waals surface area contributed by atoms with Gasteiger partial charge in [0.2, 0.25) is 0 Å². The van der Waals surface area contributed by atoms with Crippen LogP contribution in [0.15, 0.2) is 121 Å². The van der Waals surface area contributed by atoms with Gasteiger partial charge in [-0.1, -0.05) is 162 Å². The Morgan fingerprint density at radius 3 is 1.14 bits per heavy atom. The number of fused-ring (bicyclic) bond motifs is 2. The molecule has 0 bridgehead atoms.